The molecule has 0 bridgehead atoms. The molecule has 0 aromatic heterocycles. The molecule has 0 radical (unpaired) electrons. The number of thiol groups is 1. The quantitative estimate of drug-likeness (QED) is 0.559. The molecule has 88 valence electrons. The van der Waals surface area contributed by atoms with Crippen molar-refractivity contribution in [3.05, 3.63) is 0 Å². The lowest BCUT2D eigenvalue weighted by Crippen LogP contribution is -2.36. The largest absolute Gasteiger partial charge is 0.390 e. The molecule has 1 aliphatic rings. The Morgan fingerprint density at radius 3 is 2.36 bits per heavy atom. The van der Waals surface area contributed by atoms with E-state index in [1.165, 1.54) is 0 Å². The number of hydrogen-bond donors (Lipinski definition) is 2. The van der Waals surface area contributed by atoms with Gasteiger partial charge in [-0.2, -0.15) is 0 Å². The normalized spacial score (nSPS) is 25.3. The summed E-state index contributed by atoms with van der Waals surface area (Å²) in [7, 11) is 0. The Bertz CT molecular complexity index is 99.4. The average molecular weight is 224 g/mol. The minimum absolute atomic E-state index is 0.175. The molecule has 1 N–H and O–H groups in total. The van der Waals surface area contributed by atoms with Gasteiger partial charge in [-0.25, -0.2) is 0 Å². The molecule has 0 aromatic rings. The highest BCUT2D eigenvalue weighted by molar-refractivity contribution is 7.75. The standard InChI is InChI=1S/C6H12O3S.2C2H6/c7-5-2-1-3-8-6(5)4-9-10;2*1-2/h5-7,10H,1-4H2;2*1-2H3. The summed E-state index contributed by atoms with van der Waals surface area (Å²) in [5.41, 5.74) is 0. The Balaban J connectivity index is 0. The molecule has 1 rings (SSSR count). The molecule has 2 atom stereocenters. The van der Waals surface area contributed by atoms with E-state index in [0.29, 0.717) is 6.61 Å². The summed E-state index contributed by atoms with van der Waals surface area (Å²) in [4.78, 5) is 0. The van der Waals surface area contributed by atoms with Gasteiger partial charge in [-0.15, -0.1) is 0 Å². The molecule has 0 amide bonds. The van der Waals surface area contributed by atoms with Gasteiger partial charge in [0.05, 0.1) is 12.7 Å². The van der Waals surface area contributed by atoms with Crippen LogP contribution in [0.1, 0.15) is 40.5 Å². The van der Waals surface area contributed by atoms with Crippen molar-refractivity contribution >= 4 is 12.9 Å². The average Bonchev–Trinajstić information content (AvgIpc) is 2.28. The zero-order valence-corrected chi connectivity index (χ0v) is 10.6. The molecule has 14 heavy (non-hydrogen) atoms. The summed E-state index contributed by atoms with van der Waals surface area (Å²) in [5, 5.41) is 9.26. The maximum atomic E-state index is 9.26. The predicted molar refractivity (Wildman–Crippen MR) is 62.6 cm³/mol. The van der Waals surface area contributed by atoms with Gasteiger partial charge in [-0.1, -0.05) is 27.7 Å². The van der Waals surface area contributed by atoms with E-state index in [1.54, 1.807) is 0 Å². The van der Waals surface area contributed by atoms with Crippen LogP contribution in [0.25, 0.3) is 0 Å². The van der Waals surface area contributed by atoms with Crippen LogP contribution in [0.2, 0.25) is 0 Å². The van der Waals surface area contributed by atoms with Gasteiger partial charge in [0.2, 0.25) is 0 Å². The summed E-state index contributed by atoms with van der Waals surface area (Å²) in [6.07, 6.45) is 1.19. The van der Waals surface area contributed by atoms with Crippen molar-refractivity contribution in [2.75, 3.05) is 13.2 Å². The van der Waals surface area contributed by atoms with E-state index in [9.17, 15) is 5.11 Å². The Hall–Kier alpha value is 0.230. The molecule has 3 nitrogen and oxygen atoms in total. The molecule has 1 fully saturated rings. The first-order chi connectivity index (χ1) is 6.84. The predicted octanol–water partition coefficient (Wildman–Crippen LogP) is 2.44. The first-order valence-electron chi connectivity index (χ1n) is 5.40. The fourth-order valence-corrected chi connectivity index (χ4v) is 1.20. The zero-order chi connectivity index (χ0) is 11.4. The van der Waals surface area contributed by atoms with Gasteiger partial charge in [0.1, 0.15) is 6.10 Å². The highest BCUT2D eigenvalue weighted by Crippen LogP contribution is 2.13. The second-order valence-electron chi connectivity index (χ2n) is 2.41. The molecule has 1 heterocycles. The zero-order valence-electron chi connectivity index (χ0n) is 9.69. The van der Waals surface area contributed by atoms with Gasteiger partial charge in [0.15, 0.2) is 0 Å². The molecular formula is C10H24O3S. The molecule has 0 aliphatic carbocycles. The van der Waals surface area contributed by atoms with E-state index in [-0.39, 0.29) is 12.2 Å². The van der Waals surface area contributed by atoms with Crippen molar-refractivity contribution in [3.8, 4) is 0 Å². The summed E-state index contributed by atoms with van der Waals surface area (Å²) in [6.45, 7) is 9.09. The summed E-state index contributed by atoms with van der Waals surface area (Å²) in [5.74, 6) is 0. The second-order valence-corrected chi connectivity index (χ2v) is 2.67. The molecule has 1 aliphatic heterocycles. The third-order valence-electron chi connectivity index (χ3n) is 1.64. The molecule has 0 saturated carbocycles. The Kier molecular flexibility index (Phi) is 15.7. The lowest BCUT2D eigenvalue weighted by Gasteiger charge is -2.26. The van der Waals surface area contributed by atoms with Crippen molar-refractivity contribution in [2.24, 2.45) is 0 Å². The van der Waals surface area contributed by atoms with E-state index in [1.807, 2.05) is 27.7 Å². The fourth-order valence-electron chi connectivity index (χ4n) is 1.06. The lowest BCUT2D eigenvalue weighted by molar-refractivity contribution is -0.0875. The maximum Gasteiger partial charge on any atom is 0.108 e. The monoisotopic (exact) mass is 224 g/mol. The number of hydrogen-bond acceptors (Lipinski definition) is 4. The summed E-state index contributed by atoms with van der Waals surface area (Å²) >= 11 is 3.58. The van der Waals surface area contributed by atoms with E-state index in [2.05, 4.69) is 17.1 Å². The first kappa shape index (κ1) is 16.7. The second kappa shape index (κ2) is 13.2. The molecule has 2 unspecified atom stereocenters. The Morgan fingerprint density at radius 2 is 1.93 bits per heavy atom. The molecule has 4 heteroatoms. The van der Waals surface area contributed by atoms with E-state index < -0.39 is 0 Å². The Labute approximate surface area is 93.4 Å². The van der Waals surface area contributed by atoms with Gasteiger partial charge in [0, 0.05) is 6.61 Å². The van der Waals surface area contributed by atoms with Gasteiger partial charge >= 0.3 is 0 Å². The minimum Gasteiger partial charge on any atom is -0.390 e. The van der Waals surface area contributed by atoms with Crippen molar-refractivity contribution in [3.63, 3.8) is 0 Å². The fraction of sp³-hybridized carbons (Fsp3) is 1.00. The lowest BCUT2D eigenvalue weighted by atomic mass is 10.1. The van der Waals surface area contributed by atoms with Crippen molar-refractivity contribution in [1.82, 2.24) is 0 Å². The van der Waals surface area contributed by atoms with Crippen molar-refractivity contribution in [2.45, 2.75) is 52.7 Å². The topological polar surface area (TPSA) is 38.7 Å². The highest BCUT2D eigenvalue weighted by atomic mass is 32.1. The molecule has 0 aromatic carbocycles. The first-order valence-corrected chi connectivity index (χ1v) is 5.77. The summed E-state index contributed by atoms with van der Waals surface area (Å²) in [6, 6.07) is 0. The van der Waals surface area contributed by atoms with E-state index >= 15 is 0 Å². The van der Waals surface area contributed by atoms with Crippen LogP contribution in [-0.2, 0) is 8.92 Å². The molecule has 0 spiro atoms. The van der Waals surface area contributed by atoms with Gasteiger partial charge < -0.3 is 14.0 Å². The molecule has 1 saturated heterocycles. The van der Waals surface area contributed by atoms with E-state index in [0.717, 1.165) is 19.4 Å². The van der Waals surface area contributed by atoms with Gasteiger partial charge in [0.25, 0.3) is 0 Å². The number of aliphatic hydroxyl groups is 1. The highest BCUT2D eigenvalue weighted by Gasteiger charge is 2.23. The maximum absolute atomic E-state index is 9.26. The minimum atomic E-state index is -0.374. The molecular weight excluding hydrogens is 200 g/mol. The third-order valence-corrected chi connectivity index (χ3v) is 1.79. The van der Waals surface area contributed by atoms with Gasteiger partial charge in [-0.05, 0) is 25.8 Å². The van der Waals surface area contributed by atoms with Crippen LogP contribution in [0.3, 0.4) is 0 Å². The van der Waals surface area contributed by atoms with Gasteiger partial charge in [-0.3, -0.25) is 0 Å². The third kappa shape index (κ3) is 7.62. The van der Waals surface area contributed by atoms with Crippen LogP contribution in [0.5, 0.6) is 0 Å². The number of aliphatic hydroxyl groups excluding tert-OH is 1. The van der Waals surface area contributed by atoms with Crippen molar-refractivity contribution < 1.29 is 14.0 Å². The van der Waals surface area contributed by atoms with Crippen LogP contribution in [0, 0.1) is 0 Å². The van der Waals surface area contributed by atoms with Crippen LogP contribution in [0.15, 0.2) is 0 Å². The van der Waals surface area contributed by atoms with Crippen LogP contribution < -0.4 is 0 Å². The number of rotatable bonds is 2. The van der Waals surface area contributed by atoms with Crippen LogP contribution >= 0.6 is 12.9 Å². The summed E-state index contributed by atoms with van der Waals surface area (Å²) < 4.78 is 9.77. The van der Waals surface area contributed by atoms with Crippen LogP contribution in [-0.4, -0.2) is 30.5 Å². The van der Waals surface area contributed by atoms with Crippen LogP contribution in [0.4, 0.5) is 0 Å². The van der Waals surface area contributed by atoms with Crippen molar-refractivity contribution in [1.29, 1.82) is 0 Å². The smallest absolute Gasteiger partial charge is 0.108 e. The SMILES string of the molecule is CC.CC.OC1CCCOC1COS. The van der Waals surface area contributed by atoms with E-state index in [4.69, 9.17) is 4.74 Å². The number of ether oxygens (including phenoxy) is 1. The Morgan fingerprint density at radius 1 is 1.36 bits per heavy atom.